The maximum atomic E-state index is 11.1. The lowest BCUT2D eigenvalue weighted by Gasteiger charge is -2.22. The van der Waals surface area contributed by atoms with Crippen LogP contribution in [0, 0.1) is 92.7 Å². The molecule has 0 radical (unpaired) electrons. The first-order valence-electron chi connectivity index (χ1n) is 18.8. The van der Waals surface area contributed by atoms with Gasteiger partial charge in [-0.15, -0.1) is 0 Å². The van der Waals surface area contributed by atoms with Gasteiger partial charge in [0.1, 0.15) is 22.2 Å². The number of nitrogens with two attached hydrogens (primary N) is 4. The maximum absolute atomic E-state index is 11.1. The Labute approximate surface area is 315 Å². The molecule has 20 heteroatoms. The second-order valence-corrected chi connectivity index (χ2v) is 19.2. The predicted molar refractivity (Wildman–Crippen MR) is 177 cm³/mol. The maximum Gasteiger partial charge on any atom is 0.324 e. The minimum absolute atomic E-state index is 0.0195. The van der Waals surface area contributed by atoms with E-state index < -0.39 is 91.6 Å². The SMILES string of the molecule is N[C@@]1(C(=O)O)[C@@H]2C[C@@H]3[C@H]1[C@]3(C(=O)O)C2.N[C@@]1(C(=O)O)[C@H]2C[C@H]3[C@@H]1[C@@]3(C(=O)O)C2.N[C@]1(C(=O)O)[C@@H]2C[C@@H]3[C@H]1[C@]3(C(=O)O)C2.N[C@]1(C(=O)O)[C@H]2C[C@H]3[C@@H]1[C@@]3(C(=O)O)C2. The predicted octanol–water partition coefficient (Wildman–Crippen LogP) is -1.96. The van der Waals surface area contributed by atoms with E-state index in [0.29, 0.717) is 51.4 Å². The van der Waals surface area contributed by atoms with Crippen LogP contribution in [-0.2, 0) is 38.4 Å². The molecule has 16 bridgehead atoms. The summed E-state index contributed by atoms with van der Waals surface area (Å²) in [7, 11) is 0. The van der Waals surface area contributed by atoms with Gasteiger partial charge in [-0.1, -0.05) is 0 Å². The zero-order valence-electron chi connectivity index (χ0n) is 29.7. The molecule has 0 saturated heterocycles. The molecule has 0 spiro atoms. The molecule has 16 saturated carbocycles. The largest absolute Gasteiger partial charge is 0.481 e. The molecule has 56 heavy (non-hydrogen) atoms. The highest BCUT2D eigenvalue weighted by molar-refractivity contribution is 5.93. The highest BCUT2D eigenvalue weighted by Crippen LogP contribution is 2.84. The third-order valence-electron chi connectivity index (χ3n) is 18.4. The van der Waals surface area contributed by atoms with Gasteiger partial charge >= 0.3 is 47.8 Å². The summed E-state index contributed by atoms with van der Waals surface area (Å²) in [5.41, 5.74) is 15.2. The van der Waals surface area contributed by atoms with Crippen LogP contribution in [0.1, 0.15) is 51.4 Å². The molecule has 0 aromatic carbocycles. The molecule has 20 atom stereocenters. The molecule has 0 aromatic heterocycles. The summed E-state index contributed by atoms with van der Waals surface area (Å²) in [4.78, 5) is 88.4. The number of carbonyl (C=O) groups is 8. The van der Waals surface area contributed by atoms with E-state index in [1.807, 2.05) is 0 Å². The first-order valence-corrected chi connectivity index (χ1v) is 18.8. The normalized spacial score (nSPS) is 57.4. The van der Waals surface area contributed by atoms with Crippen LogP contribution in [0.5, 0.6) is 0 Å². The van der Waals surface area contributed by atoms with E-state index in [-0.39, 0.29) is 71.0 Å². The topological polar surface area (TPSA) is 402 Å². The van der Waals surface area contributed by atoms with Crippen LogP contribution in [-0.4, -0.2) is 111 Å². The molecule has 0 aliphatic heterocycles. The Bertz CT molecular complexity index is 1750. The molecule has 20 nitrogen and oxygen atoms in total. The first-order chi connectivity index (χ1) is 25.8. The average molecular weight is 789 g/mol. The van der Waals surface area contributed by atoms with E-state index in [2.05, 4.69) is 0 Å². The Morgan fingerprint density at radius 1 is 0.321 bits per heavy atom. The Hall–Kier alpha value is -4.40. The molecular weight excluding hydrogens is 744 g/mol. The summed E-state index contributed by atoms with van der Waals surface area (Å²) in [6.45, 7) is 0. The fourth-order valence-electron chi connectivity index (χ4n) is 16.0. The van der Waals surface area contributed by atoms with Gasteiger partial charge < -0.3 is 63.8 Å². The summed E-state index contributed by atoms with van der Waals surface area (Å²) in [5.74, 6) is -9.31. The smallest absolute Gasteiger partial charge is 0.324 e. The van der Waals surface area contributed by atoms with Crippen LogP contribution in [0.2, 0.25) is 0 Å². The van der Waals surface area contributed by atoms with Gasteiger partial charge in [-0.05, 0) is 98.7 Å². The minimum Gasteiger partial charge on any atom is -0.481 e. The monoisotopic (exact) mass is 788 g/mol. The van der Waals surface area contributed by atoms with E-state index in [1.165, 1.54) is 0 Å². The summed E-state index contributed by atoms with van der Waals surface area (Å²) < 4.78 is 0. The van der Waals surface area contributed by atoms with Gasteiger partial charge in [-0.25, -0.2) is 0 Å². The van der Waals surface area contributed by atoms with E-state index in [0.717, 1.165) is 0 Å². The van der Waals surface area contributed by atoms with Crippen molar-refractivity contribution < 1.29 is 79.2 Å². The Morgan fingerprint density at radius 2 is 0.482 bits per heavy atom. The van der Waals surface area contributed by atoms with Crippen molar-refractivity contribution in [3.05, 3.63) is 0 Å². The third-order valence-corrected chi connectivity index (χ3v) is 18.4. The van der Waals surface area contributed by atoms with Crippen LogP contribution in [0.3, 0.4) is 0 Å². The molecule has 0 heterocycles. The van der Waals surface area contributed by atoms with Crippen molar-refractivity contribution in [2.45, 2.75) is 73.5 Å². The molecule has 0 amide bonds. The van der Waals surface area contributed by atoms with Gasteiger partial charge in [0.25, 0.3) is 0 Å². The number of aliphatic carboxylic acids is 8. The Morgan fingerprint density at radius 3 is 0.554 bits per heavy atom. The summed E-state index contributed by atoms with van der Waals surface area (Å²) in [5, 5.41) is 72.5. The van der Waals surface area contributed by atoms with Crippen LogP contribution >= 0.6 is 0 Å². The molecule has 304 valence electrons. The lowest BCUT2D eigenvalue weighted by atomic mass is 9.90. The number of rotatable bonds is 8. The average Bonchev–Trinajstić information content (AvgIpc) is 3.62. The minimum atomic E-state index is -1.26. The summed E-state index contributed by atoms with van der Waals surface area (Å²) in [6.07, 6.45) is 4.56. The van der Waals surface area contributed by atoms with E-state index in [9.17, 15) is 38.4 Å². The number of hydrogen-bond acceptors (Lipinski definition) is 12. The van der Waals surface area contributed by atoms with Crippen LogP contribution < -0.4 is 22.9 Å². The van der Waals surface area contributed by atoms with Gasteiger partial charge in [0.05, 0.1) is 21.7 Å². The second-order valence-electron chi connectivity index (χ2n) is 19.2. The van der Waals surface area contributed by atoms with Crippen molar-refractivity contribution >= 4 is 47.8 Å². The van der Waals surface area contributed by atoms with Gasteiger partial charge in [0.2, 0.25) is 0 Å². The third kappa shape index (κ3) is 3.48. The van der Waals surface area contributed by atoms with Gasteiger partial charge in [0, 0.05) is 23.7 Å². The van der Waals surface area contributed by atoms with E-state index in [1.54, 1.807) is 0 Å². The lowest BCUT2D eigenvalue weighted by Crippen LogP contribution is -2.51. The van der Waals surface area contributed by atoms with Gasteiger partial charge in [0.15, 0.2) is 0 Å². The standard InChI is InChI=1S/4C9H11NO4/c4*10-9(7(13)14)3-1-4-5(9)8(4,2-3)6(11)12/h4*3-5H,1-2,10H2,(H,11,12)(H,13,14)/t2*3-,4-,5+,8+,9+;2*3-,4-,5+,8+,9-/m1010/s1. The molecule has 0 aromatic rings. The van der Waals surface area contributed by atoms with Crippen molar-refractivity contribution in [1.29, 1.82) is 0 Å². The fraction of sp³-hybridized carbons (Fsp3) is 0.778. The fourth-order valence-corrected chi connectivity index (χ4v) is 16.0. The summed E-state index contributed by atoms with van der Waals surface area (Å²) in [6, 6.07) is 0. The zero-order chi connectivity index (χ0) is 41.2. The molecule has 16 rings (SSSR count). The summed E-state index contributed by atoms with van der Waals surface area (Å²) >= 11 is 0. The zero-order valence-corrected chi connectivity index (χ0v) is 29.7. The van der Waals surface area contributed by atoms with Crippen LogP contribution in [0.25, 0.3) is 0 Å². The van der Waals surface area contributed by atoms with E-state index >= 15 is 0 Å². The quantitative estimate of drug-likeness (QED) is 0.127. The highest BCUT2D eigenvalue weighted by atomic mass is 16.4. The number of carboxylic acids is 8. The lowest BCUT2D eigenvalue weighted by molar-refractivity contribution is -0.147. The molecule has 16 aliphatic rings. The number of carboxylic acid groups (broad SMARTS) is 8. The van der Waals surface area contributed by atoms with Crippen LogP contribution in [0.15, 0.2) is 0 Å². The highest BCUT2D eigenvalue weighted by Gasteiger charge is 2.91. The second kappa shape index (κ2) is 10.00. The molecular formula is C36H44N4O16. The first kappa shape index (κ1) is 37.2. The van der Waals surface area contributed by atoms with E-state index in [4.69, 9.17) is 63.8 Å². The van der Waals surface area contributed by atoms with Crippen molar-refractivity contribution in [3.8, 4) is 0 Å². The van der Waals surface area contributed by atoms with Crippen molar-refractivity contribution in [3.63, 3.8) is 0 Å². The van der Waals surface area contributed by atoms with Crippen molar-refractivity contribution in [2.75, 3.05) is 0 Å². The number of hydrogen-bond donors (Lipinski definition) is 12. The van der Waals surface area contributed by atoms with Crippen molar-refractivity contribution in [1.82, 2.24) is 0 Å². The van der Waals surface area contributed by atoms with Crippen LogP contribution in [0.4, 0.5) is 0 Å². The Balaban J connectivity index is 0.0000000975. The van der Waals surface area contributed by atoms with Gasteiger partial charge in [-0.3, -0.25) is 38.4 Å². The molecule has 0 unspecified atom stereocenters. The molecule has 16 fully saturated rings. The Kier molecular flexibility index (Phi) is 6.64. The molecule has 16 aliphatic carbocycles. The van der Waals surface area contributed by atoms with Gasteiger partial charge in [-0.2, -0.15) is 0 Å². The van der Waals surface area contributed by atoms with Crippen molar-refractivity contribution in [2.24, 2.45) is 116 Å². The molecule has 16 N–H and O–H groups in total.